The molecule has 0 spiro atoms. The first-order valence-corrected chi connectivity index (χ1v) is 5.64. The van der Waals surface area contributed by atoms with Crippen LogP contribution in [0.4, 0.5) is 0 Å². The predicted molar refractivity (Wildman–Crippen MR) is 60.3 cm³/mol. The van der Waals surface area contributed by atoms with Gasteiger partial charge in [0.05, 0.1) is 5.92 Å². The third-order valence-corrected chi connectivity index (χ3v) is 3.54. The molecule has 15 heavy (non-hydrogen) atoms. The Bertz CT molecular complexity index is 285. The van der Waals surface area contributed by atoms with Crippen LogP contribution in [0.25, 0.3) is 0 Å². The van der Waals surface area contributed by atoms with Crippen molar-refractivity contribution in [3.05, 3.63) is 0 Å². The van der Waals surface area contributed by atoms with Gasteiger partial charge in [-0.05, 0) is 52.4 Å². The molecular weight excluding hydrogens is 188 g/mol. The Hall–Kier alpha value is -0.970. The minimum Gasteiger partial charge on any atom is -0.481 e. The second kappa shape index (κ2) is 4.70. The van der Waals surface area contributed by atoms with E-state index in [1.54, 1.807) is 0 Å². The van der Waals surface area contributed by atoms with Crippen LogP contribution in [0.15, 0.2) is 0 Å². The van der Waals surface area contributed by atoms with Crippen molar-refractivity contribution < 1.29 is 9.90 Å². The molecule has 0 aromatic carbocycles. The van der Waals surface area contributed by atoms with Crippen molar-refractivity contribution in [2.45, 2.75) is 46.5 Å². The molecular formula is C13H20O2. The summed E-state index contributed by atoms with van der Waals surface area (Å²) < 4.78 is 0. The van der Waals surface area contributed by atoms with E-state index in [9.17, 15) is 4.79 Å². The third-order valence-electron chi connectivity index (χ3n) is 3.54. The zero-order valence-corrected chi connectivity index (χ0v) is 9.84. The average molecular weight is 208 g/mol. The summed E-state index contributed by atoms with van der Waals surface area (Å²) in [5.74, 6) is 6.02. The van der Waals surface area contributed by atoms with Gasteiger partial charge in [-0.25, -0.2) is 0 Å². The Morgan fingerprint density at radius 1 is 1.27 bits per heavy atom. The minimum absolute atomic E-state index is 0.0399. The number of carboxylic acid groups (broad SMARTS) is 1. The van der Waals surface area contributed by atoms with Crippen LogP contribution in [-0.2, 0) is 4.79 Å². The van der Waals surface area contributed by atoms with Gasteiger partial charge in [0, 0.05) is 5.41 Å². The summed E-state index contributed by atoms with van der Waals surface area (Å²) in [5, 5.41) is 8.90. The highest BCUT2D eigenvalue weighted by atomic mass is 16.4. The molecule has 1 saturated carbocycles. The first-order valence-electron chi connectivity index (χ1n) is 5.64. The standard InChI is InChI=1S/C13H20O2/c1-4-9-13(2,3)11-7-5-10(6-8-11)12(14)15/h10-11H,5-8H2,1-3H3,(H,14,15). The molecule has 0 aromatic rings. The van der Waals surface area contributed by atoms with E-state index in [2.05, 4.69) is 25.7 Å². The van der Waals surface area contributed by atoms with Gasteiger partial charge in [-0.3, -0.25) is 4.79 Å². The smallest absolute Gasteiger partial charge is 0.306 e. The number of carbonyl (C=O) groups is 1. The lowest BCUT2D eigenvalue weighted by Gasteiger charge is -2.35. The van der Waals surface area contributed by atoms with Crippen molar-refractivity contribution in [3.8, 4) is 11.8 Å². The molecule has 2 nitrogen and oxygen atoms in total. The van der Waals surface area contributed by atoms with Gasteiger partial charge in [0.15, 0.2) is 0 Å². The van der Waals surface area contributed by atoms with Crippen LogP contribution in [0.1, 0.15) is 46.5 Å². The van der Waals surface area contributed by atoms with E-state index < -0.39 is 5.97 Å². The Balaban J connectivity index is 2.56. The van der Waals surface area contributed by atoms with Gasteiger partial charge in [0.25, 0.3) is 0 Å². The van der Waals surface area contributed by atoms with Crippen molar-refractivity contribution in [1.29, 1.82) is 0 Å². The van der Waals surface area contributed by atoms with Crippen LogP contribution in [0.5, 0.6) is 0 Å². The number of rotatable bonds is 2. The van der Waals surface area contributed by atoms with Crippen LogP contribution in [0, 0.1) is 29.1 Å². The highest BCUT2D eigenvalue weighted by Crippen LogP contribution is 2.39. The van der Waals surface area contributed by atoms with E-state index in [1.807, 2.05) is 6.92 Å². The Morgan fingerprint density at radius 3 is 2.20 bits per heavy atom. The quantitative estimate of drug-likeness (QED) is 0.708. The molecule has 1 aliphatic rings. The fourth-order valence-corrected chi connectivity index (χ4v) is 2.49. The second-order valence-corrected chi connectivity index (χ2v) is 4.98. The van der Waals surface area contributed by atoms with Crippen LogP contribution < -0.4 is 0 Å². The molecule has 1 N–H and O–H groups in total. The van der Waals surface area contributed by atoms with E-state index in [0.717, 1.165) is 25.7 Å². The zero-order valence-electron chi connectivity index (χ0n) is 9.84. The lowest BCUT2D eigenvalue weighted by atomic mass is 9.69. The van der Waals surface area contributed by atoms with Crippen LogP contribution >= 0.6 is 0 Å². The Morgan fingerprint density at radius 2 is 1.80 bits per heavy atom. The lowest BCUT2D eigenvalue weighted by Crippen LogP contribution is -2.29. The van der Waals surface area contributed by atoms with Gasteiger partial charge >= 0.3 is 5.97 Å². The Kier molecular flexibility index (Phi) is 3.79. The summed E-state index contributed by atoms with van der Waals surface area (Å²) >= 11 is 0. The van der Waals surface area contributed by atoms with Crippen molar-refractivity contribution >= 4 is 5.97 Å². The van der Waals surface area contributed by atoms with Crippen LogP contribution in [0.2, 0.25) is 0 Å². The predicted octanol–water partition coefficient (Wildman–Crippen LogP) is 2.93. The highest BCUT2D eigenvalue weighted by Gasteiger charge is 2.33. The maximum absolute atomic E-state index is 10.8. The van der Waals surface area contributed by atoms with Crippen molar-refractivity contribution in [1.82, 2.24) is 0 Å². The van der Waals surface area contributed by atoms with Crippen molar-refractivity contribution in [3.63, 3.8) is 0 Å². The monoisotopic (exact) mass is 208 g/mol. The minimum atomic E-state index is -0.632. The van der Waals surface area contributed by atoms with E-state index in [4.69, 9.17) is 5.11 Å². The maximum Gasteiger partial charge on any atom is 0.306 e. The van der Waals surface area contributed by atoms with Gasteiger partial charge in [-0.2, -0.15) is 0 Å². The van der Waals surface area contributed by atoms with Crippen molar-refractivity contribution in [2.24, 2.45) is 17.3 Å². The van der Waals surface area contributed by atoms with Crippen molar-refractivity contribution in [2.75, 3.05) is 0 Å². The molecule has 0 radical (unpaired) electrons. The molecule has 1 fully saturated rings. The zero-order chi connectivity index (χ0) is 11.5. The first-order chi connectivity index (χ1) is 6.97. The average Bonchev–Trinajstić information content (AvgIpc) is 2.18. The van der Waals surface area contributed by atoms with Crippen LogP contribution in [0.3, 0.4) is 0 Å². The molecule has 0 aliphatic heterocycles. The SMILES string of the molecule is CC#CC(C)(C)C1CCC(C(=O)O)CC1. The molecule has 0 aromatic heterocycles. The molecule has 1 rings (SSSR count). The highest BCUT2D eigenvalue weighted by molar-refractivity contribution is 5.70. The van der Waals surface area contributed by atoms with E-state index in [1.165, 1.54) is 0 Å². The van der Waals surface area contributed by atoms with Gasteiger partial charge < -0.3 is 5.11 Å². The molecule has 0 unspecified atom stereocenters. The molecule has 0 saturated heterocycles. The summed E-state index contributed by atoms with van der Waals surface area (Å²) in [4.78, 5) is 10.8. The van der Waals surface area contributed by atoms with Crippen LogP contribution in [-0.4, -0.2) is 11.1 Å². The summed E-state index contributed by atoms with van der Waals surface area (Å²) in [6, 6.07) is 0. The molecule has 0 atom stereocenters. The number of hydrogen-bond donors (Lipinski definition) is 1. The number of carboxylic acids is 1. The number of hydrogen-bond acceptors (Lipinski definition) is 1. The summed E-state index contributed by atoms with van der Waals surface area (Å²) in [6.07, 6.45) is 3.63. The number of aliphatic carboxylic acids is 1. The summed E-state index contributed by atoms with van der Waals surface area (Å²) in [7, 11) is 0. The molecule has 0 heterocycles. The molecule has 0 amide bonds. The van der Waals surface area contributed by atoms with Gasteiger partial charge in [-0.15, -0.1) is 5.92 Å². The fourth-order valence-electron chi connectivity index (χ4n) is 2.49. The third kappa shape index (κ3) is 2.99. The summed E-state index contributed by atoms with van der Waals surface area (Å²) in [6.45, 7) is 6.19. The van der Waals surface area contributed by atoms with E-state index >= 15 is 0 Å². The largest absolute Gasteiger partial charge is 0.481 e. The normalized spacial score (nSPS) is 26.6. The van der Waals surface area contributed by atoms with E-state index in [0.29, 0.717) is 5.92 Å². The van der Waals surface area contributed by atoms with E-state index in [-0.39, 0.29) is 11.3 Å². The maximum atomic E-state index is 10.8. The molecule has 1 aliphatic carbocycles. The van der Waals surface area contributed by atoms with Gasteiger partial charge in [0.2, 0.25) is 0 Å². The molecule has 2 heteroatoms. The summed E-state index contributed by atoms with van der Waals surface area (Å²) in [5.41, 5.74) is 0.0399. The molecule has 0 bridgehead atoms. The lowest BCUT2D eigenvalue weighted by molar-refractivity contribution is -0.143. The topological polar surface area (TPSA) is 37.3 Å². The van der Waals surface area contributed by atoms with Gasteiger partial charge in [-0.1, -0.05) is 5.92 Å². The fraction of sp³-hybridized carbons (Fsp3) is 0.769. The molecule has 84 valence electrons. The Labute approximate surface area is 92.1 Å². The first kappa shape index (κ1) is 12.1. The second-order valence-electron chi connectivity index (χ2n) is 4.98. The van der Waals surface area contributed by atoms with Gasteiger partial charge in [0.1, 0.15) is 0 Å².